The van der Waals surface area contributed by atoms with Gasteiger partial charge in [0.25, 0.3) is 0 Å². The standard InChI is InChI=1S/C12H19N/c1-9-6-7-10(2)11(8-9)12(3,4)13-5/h6-8,13H,1-5H3. The van der Waals surface area contributed by atoms with Gasteiger partial charge in [-0.3, -0.25) is 0 Å². The second-order valence-electron chi connectivity index (χ2n) is 4.19. The third-order valence-electron chi connectivity index (χ3n) is 2.69. The van der Waals surface area contributed by atoms with Crippen LogP contribution < -0.4 is 5.32 Å². The monoisotopic (exact) mass is 177 g/mol. The summed E-state index contributed by atoms with van der Waals surface area (Å²) in [5.41, 5.74) is 4.12. The molecule has 0 saturated carbocycles. The Kier molecular flexibility index (Phi) is 2.77. The fourth-order valence-electron chi connectivity index (χ4n) is 1.54. The van der Waals surface area contributed by atoms with E-state index in [1.165, 1.54) is 16.7 Å². The molecule has 13 heavy (non-hydrogen) atoms. The van der Waals surface area contributed by atoms with Gasteiger partial charge in [-0.05, 0) is 45.9 Å². The summed E-state index contributed by atoms with van der Waals surface area (Å²) in [6.07, 6.45) is 0. The van der Waals surface area contributed by atoms with Crippen LogP contribution in [0.1, 0.15) is 30.5 Å². The fraction of sp³-hybridized carbons (Fsp3) is 0.500. The molecule has 0 aliphatic rings. The molecule has 0 aromatic heterocycles. The lowest BCUT2D eigenvalue weighted by atomic mass is 9.89. The van der Waals surface area contributed by atoms with Gasteiger partial charge < -0.3 is 5.32 Å². The Labute approximate surface area is 81.2 Å². The lowest BCUT2D eigenvalue weighted by molar-refractivity contribution is 0.442. The summed E-state index contributed by atoms with van der Waals surface area (Å²) in [5.74, 6) is 0. The number of benzene rings is 1. The van der Waals surface area contributed by atoms with E-state index in [2.05, 4.69) is 51.2 Å². The summed E-state index contributed by atoms with van der Waals surface area (Å²) in [4.78, 5) is 0. The molecule has 1 N–H and O–H groups in total. The first-order valence-corrected chi connectivity index (χ1v) is 4.74. The maximum absolute atomic E-state index is 3.33. The molecule has 0 bridgehead atoms. The van der Waals surface area contributed by atoms with Gasteiger partial charge in [-0.1, -0.05) is 23.8 Å². The Balaban J connectivity index is 3.20. The van der Waals surface area contributed by atoms with E-state index in [9.17, 15) is 0 Å². The summed E-state index contributed by atoms with van der Waals surface area (Å²) >= 11 is 0. The van der Waals surface area contributed by atoms with Crippen molar-refractivity contribution in [1.82, 2.24) is 5.32 Å². The number of hydrogen-bond acceptors (Lipinski definition) is 1. The summed E-state index contributed by atoms with van der Waals surface area (Å²) in [6, 6.07) is 6.60. The third-order valence-corrected chi connectivity index (χ3v) is 2.69. The zero-order valence-electron chi connectivity index (χ0n) is 9.23. The first-order valence-electron chi connectivity index (χ1n) is 4.74. The van der Waals surface area contributed by atoms with Gasteiger partial charge in [-0.15, -0.1) is 0 Å². The normalized spacial score (nSPS) is 11.8. The topological polar surface area (TPSA) is 12.0 Å². The molecule has 0 atom stereocenters. The van der Waals surface area contributed by atoms with Gasteiger partial charge in [0.1, 0.15) is 0 Å². The molecular weight excluding hydrogens is 158 g/mol. The molecule has 0 amide bonds. The summed E-state index contributed by atoms with van der Waals surface area (Å²) in [5, 5.41) is 3.33. The van der Waals surface area contributed by atoms with Gasteiger partial charge in [-0.2, -0.15) is 0 Å². The van der Waals surface area contributed by atoms with E-state index in [1.807, 2.05) is 7.05 Å². The van der Waals surface area contributed by atoms with Crippen molar-refractivity contribution in [3.05, 3.63) is 34.9 Å². The average Bonchev–Trinajstić information content (AvgIpc) is 2.09. The van der Waals surface area contributed by atoms with E-state index in [1.54, 1.807) is 0 Å². The second-order valence-corrected chi connectivity index (χ2v) is 4.19. The number of rotatable bonds is 2. The minimum Gasteiger partial charge on any atom is -0.311 e. The molecule has 72 valence electrons. The van der Waals surface area contributed by atoms with Crippen molar-refractivity contribution in [3.8, 4) is 0 Å². The molecule has 0 aliphatic heterocycles. The van der Waals surface area contributed by atoms with E-state index in [-0.39, 0.29) is 5.54 Å². The number of nitrogens with one attached hydrogen (secondary N) is 1. The maximum atomic E-state index is 3.33. The highest BCUT2D eigenvalue weighted by Gasteiger charge is 2.19. The summed E-state index contributed by atoms with van der Waals surface area (Å²) in [7, 11) is 2.00. The second kappa shape index (κ2) is 3.51. The van der Waals surface area contributed by atoms with Crippen LogP contribution in [0.25, 0.3) is 0 Å². The Morgan fingerprint density at radius 2 is 1.77 bits per heavy atom. The van der Waals surface area contributed by atoms with Crippen molar-refractivity contribution in [1.29, 1.82) is 0 Å². The molecule has 0 spiro atoms. The van der Waals surface area contributed by atoms with Gasteiger partial charge in [0.15, 0.2) is 0 Å². The van der Waals surface area contributed by atoms with Gasteiger partial charge in [-0.25, -0.2) is 0 Å². The van der Waals surface area contributed by atoms with Crippen molar-refractivity contribution in [2.75, 3.05) is 7.05 Å². The Morgan fingerprint density at radius 3 is 2.31 bits per heavy atom. The lowest BCUT2D eigenvalue weighted by Crippen LogP contribution is -2.33. The largest absolute Gasteiger partial charge is 0.311 e. The molecule has 0 radical (unpaired) electrons. The zero-order chi connectivity index (χ0) is 10.1. The fourth-order valence-corrected chi connectivity index (χ4v) is 1.54. The molecule has 1 heteroatoms. The highest BCUT2D eigenvalue weighted by atomic mass is 14.9. The summed E-state index contributed by atoms with van der Waals surface area (Å²) < 4.78 is 0. The highest BCUT2D eigenvalue weighted by Crippen LogP contribution is 2.23. The molecular formula is C12H19N. The van der Waals surface area contributed by atoms with Crippen molar-refractivity contribution >= 4 is 0 Å². The number of hydrogen-bond donors (Lipinski definition) is 1. The first kappa shape index (κ1) is 10.3. The van der Waals surface area contributed by atoms with Gasteiger partial charge in [0, 0.05) is 5.54 Å². The SMILES string of the molecule is CNC(C)(C)c1cc(C)ccc1C. The predicted molar refractivity (Wildman–Crippen MR) is 58.0 cm³/mol. The van der Waals surface area contributed by atoms with Crippen LogP contribution in [0.3, 0.4) is 0 Å². The third kappa shape index (κ3) is 2.10. The minimum absolute atomic E-state index is 0.0656. The van der Waals surface area contributed by atoms with E-state index in [0.29, 0.717) is 0 Å². The van der Waals surface area contributed by atoms with Crippen molar-refractivity contribution in [2.24, 2.45) is 0 Å². The van der Waals surface area contributed by atoms with E-state index in [0.717, 1.165) is 0 Å². The van der Waals surface area contributed by atoms with E-state index < -0.39 is 0 Å². The maximum Gasteiger partial charge on any atom is 0.0377 e. The minimum atomic E-state index is 0.0656. The predicted octanol–water partition coefficient (Wildman–Crippen LogP) is 2.76. The van der Waals surface area contributed by atoms with Crippen LogP contribution in [0.4, 0.5) is 0 Å². The van der Waals surface area contributed by atoms with Crippen LogP contribution in [-0.4, -0.2) is 7.05 Å². The van der Waals surface area contributed by atoms with Gasteiger partial charge >= 0.3 is 0 Å². The van der Waals surface area contributed by atoms with Gasteiger partial charge in [0.05, 0.1) is 0 Å². The smallest absolute Gasteiger partial charge is 0.0377 e. The molecule has 0 fully saturated rings. The first-order chi connectivity index (χ1) is 5.97. The van der Waals surface area contributed by atoms with Crippen LogP contribution in [0.2, 0.25) is 0 Å². The van der Waals surface area contributed by atoms with E-state index >= 15 is 0 Å². The van der Waals surface area contributed by atoms with Crippen LogP contribution in [0, 0.1) is 13.8 Å². The van der Waals surface area contributed by atoms with Crippen molar-refractivity contribution in [3.63, 3.8) is 0 Å². The van der Waals surface area contributed by atoms with Crippen LogP contribution >= 0.6 is 0 Å². The molecule has 0 aliphatic carbocycles. The average molecular weight is 177 g/mol. The molecule has 1 rings (SSSR count). The Bertz CT molecular complexity index is 300. The summed E-state index contributed by atoms with van der Waals surface area (Å²) in [6.45, 7) is 8.70. The van der Waals surface area contributed by atoms with E-state index in [4.69, 9.17) is 0 Å². The van der Waals surface area contributed by atoms with Crippen LogP contribution in [-0.2, 0) is 5.54 Å². The zero-order valence-corrected chi connectivity index (χ0v) is 9.23. The van der Waals surface area contributed by atoms with Crippen LogP contribution in [0.5, 0.6) is 0 Å². The highest BCUT2D eigenvalue weighted by molar-refractivity contribution is 5.35. The molecule has 0 saturated heterocycles. The molecule has 0 unspecified atom stereocenters. The molecule has 1 aromatic rings. The van der Waals surface area contributed by atoms with Gasteiger partial charge in [0.2, 0.25) is 0 Å². The lowest BCUT2D eigenvalue weighted by Gasteiger charge is -2.27. The van der Waals surface area contributed by atoms with Crippen molar-refractivity contribution in [2.45, 2.75) is 33.2 Å². The van der Waals surface area contributed by atoms with Crippen molar-refractivity contribution < 1.29 is 0 Å². The quantitative estimate of drug-likeness (QED) is 0.732. The molecule has 0 heterocycles. The van der Waals surface area contributed by atoms with Crippen LogP contribution in [0.15, 0.2) is 18.2 Å². The molecule has 1 aromatic carbocycles. The Morgan fingerprint density at radius 1 is 1.15 bits per heavy atom. The number of aryl methyl sites for hydroxylation is 2. The molecule has 1 nitrogen and oxygen atoms in total. The Hall–Kier alpha value is -0.820.